The summed E-state index contributed by atoms with van der Waals surface area (Å²) in [7, 11) is 0. The van der Waals surface area contributed by atoms with Crippen LogP contribution in [0.2, 0.25) is 0 Å². The fourth-order valence-electron chi connectivity index (χ4n) is 2.68. The largest absolute Gasteiger partial charge is 0.488 e. The van der Waals surface area contributed by atoms with Crippen LogP contribution in [0.25, 0.3) is 0 Å². The van der Waals surface area contributed by atoms with E-state index >= 15 is 0 Å². The highest BCUT2D eigenvalue weighted by Crippen LogP contribution is 2.26. The van der Waals surface area contributed by atoms with Crippen molar-refractivity contribution in [1.82, 2.24) is 5.43 Å². The van der Waals surface area contributed by atoms with E-state index in [1.165, 1.54) is 24.4 Å². The van der Waals surface area contributed by atoms with Gasteiger partial charge in [-0.05, 0) is 75.1 Å². The van der Waals surface area contributed by atoms with Crippen LogP contribution < -0.4 is 10.2 Å². The molecule has 6 nitrogen and oxygen atoms in total. The Balaban J connectivity index is 1.53. The highest BCUT2D eigenvalue weighted by Gasteiger charge is 2.06. The fourth-order valence-corrected chi connectivity index (χ4v) is 3.19. The van der Waals surface area contributed by atoms with Crippen molar-refractivity contribution in [3.8, 4) is 5.75 Å². The molecule has 0 aliphatic heterocycles. The number of carboxylic acids is 1. The monoisotopic (exact) mass is 484 g/mol. The number of amides is 1. The minimum Gasteiger partial charge on any atom is -0.488 e. The van der Waals surface area contributed by atoms with Crippen LogP contribution in [-0.4, -0.2) is 23.2 Å². The first-order valence-electron chi connectivity index (χ1n) is 9.21. The molecule has 158 valence electrons. The number of hydrogen-bond acceptors (Lipinski definition) is 4. The molecule has 3 aromatic carbocycles. The molecule has 31 heavy (non-hydrogen) atoms. The number of rotatable bonds is 8. The number of benzene rings is 3. The standard InChI is InChI=1S/C23H18BrFN2O4/c24-20-11-16(13-26-27-22(28)12-15-4-7-19(25)8-5-15)6-9-21(20)31-14-17-2-1-3-18(10-17)23(29)30/h1-11,13H,12,14H2,(H,27,28)(H,29,30)/b26-13+. The third kappa shape index (κ3) is 6.75. The van der Waals surface area contributed by atoms with E-state index < -0.39 is 5.97 Å². The molecule has 0 heterocycles. The minimum absolute atomic E-state index is 0.0944. The van der Waals surface area contributed by atoms with E-state index in [4.69, 9.17) is 9.84 Å². The van der Waals surface area contributed by atoms with Gasteiger partial charge in [-0.1, -0.05) is 24.3 Å². The van der Waals surface area contributed by atoms with Crippen molar-refractivity contribution in [3.63, 3.8) is 0 Å². The number of ether oxygens (including phenoxy) is 1. The Kier molecular flexibility index (Phi) is 7.50. The summed E-state index contributed by atoms with van der Waals surface area (Å²) in [4.78, 5) is 23.0. The maximum Gasteiger partial charge on any atom is 0.335 e. The second kappa shape index (κ2) is 10.5. The van der Waals surface area contributed by atoms with E-state index in [9.17, 15) is 14.0 Å². The topological polar surface area (TPSA) is 88.0 Å². The molecular weight excluding hydrogens is 467 g/mol. The number of halogens is 2. The first-order chi connectivity index (χ1) is 14.9. The highest BCUT2D eigenvalue weighted by atomic mass is 79.9. The summed E-state index contributed by atoms with van der Waals surface area (Å²) in [6.07, 6.45) is 1.59. The lowest BCUT2D eigenvalue weighted by atomic mass is 10.1. The molecule has 0 aliphatic carbocycles. The van der Waals surface area contributed by atoms with E-state index in [0.717, 1.165) is 11.1 Å². The lowest BCUT2D eigenvalue weighted by molar-refractivity contribution is -0.120. The summed E-state index contributed by atoms with van der Waals surface area (Å²) in [5.41, 5.74) is 4.79. The summed E-state index contributed by atoms with van der Waals surface area (Å²) in [6, 6.07) is 17.5. The van der Waals surface area contributed by atoms with E-state index in [1.807, 2.05) is 0 Å². The Morgan fingerprint density at radius 1 is 1.06 bits per heavy atom. The zero-order chi connectivity index (χ0) is 22.2. The molecule has 0 unspecified atom stereocenters. The lowest BCUT2D eigenvalue weighted by Crippen LogP contribution is -2.19. The molecule has 2 N–H and O–H groups in total. The number of carbonyl (C=O) groups is 2. The number of hydrogen-bond donors (Lipinski definition) is 2. The molecule has 8 heteroatoms. The fraction of sp³-hybridized carbons (Fsp3) is 0.0870. The first-order valence-corrected chi connectivity index (χ1v) is 10.0. The zero-order valence-corrected chi connectivity index (χ0v) is 17.8. The Bertz CT molecular complexity index is 1120. The third-order valence-electron chi connectivity index (χ3n) is 4.21. The van der Waals surface area contributed by atoms with Gasteiger partial charge in [0.1, 0.15) is 18.2 Å². The van der Waals surface area contributed by atoms with Gasteiger partial charge < -0.3 is 9.84 Å². The van der Waals surface area contributed by atoms with Gasteiger partial charge >= 0.3 is 5.97 Å². The molecule has 3 rings (SSSR count). The second-order valence-corrected chi connectivity index (χ2v) is 7.43. The molecule has 0 saturated heterocycles. The van der Waals surface area contributed by atoms with Gasteiger partial charge in [0.2, 0.25) is 5.91 Å². The number of nitrogens with zero attached hydrogens (tertiary/aromatic N) is 1. The molecular formula is C23H18BrFN2O4. The maximum atomic E-state index is 12.9. The molecule has 0 saturated carbocycles. The number of carbonyl (C=O) groups excluding carboxylic acids is 1. The zero-order valence-electron chi connectivity index (χ0n) is 16.2. The summed E-state index contributed by atoms with van der Waals surface area (Å²) >= 11 is 3.43. The number of carboxylic acid groups (broad SMARTS) is 1. The molecule has 0 aromatic heterocycles. The summed E-state index contributed by atoms with van der Waals surface area (Å²) in [5, 5.41) is 13.0. The highest BCUT2D eigenvalue weighted by molar-refractivity contribution is 9.10. The maximum absolute atomic E-state index is 12.9. The predicted octanol–water partition coefficient (Wildman–Crippen LogP) is 4.56. The molecule has 0 aliphatic rings. The van der Waals surface area contributed by atoms with Crippen molar-refractivity contribution in [2.45, 2.75) is 13.0 Å². The molecule has 0 spiro atoms. The van der Waals surface area contributed by atoms with Crippen molar-refractivity contribution in [2.75, 3.05) is 0 Å². The predicted molar refractivity (Wildman–Crippen MR) is 118 cm³/mol. The van der Waals surface area contributed by atoms with Gasteiger partial charge in [-0.2, -0.15) is 5.10 Å². The van der Waals surface area contributed by atoms with Crippen LogP contribution in [0.15, 0.2) is 76.3 Å². The number of hydrazone groups is 1. The van der Waals surface area contributed by atoms with Crippen molar-refractivity contribution < 1.29 is 23.8 Å². The second-order valence-electron chi connectivity index (χ2n) is 6.58. The summed E-state index contributed by atoms with van der Waals surface area (Å²) < 4.78 is 19.3. The van der Waals surface area contributed by atoms with Gasteiger partial charge in [0.15, 0.2) is 0 Å². The van der Waals surface area contributed by atoms with Crippen molar-refractivity contribution in [2.24, 2.45) is 5.10 Å². The van der Waals surface area contributed by atoms with Crippen molar-refractivity contribution in [1.29, 1.82) is 0 Å². The van der Waals surface area contributed by atoms with E-state index in [-0.39, 0.29) is 30.3 Å². The Morgan fingerprint density at radius 3 is 2.55 bits per heavy atom. The third-order valence-corrected chi connectivity index (χ3v) is 4.82. The SMILES string of the molecule is O=C(Cc1ccc(F)cc1)N/N=C/c1ccc(OCc2cccc(C(=O)O)c2)c(Br)c1. The molecule has 0 fully saturated rings. The molecule has 3 aromatic rings. The summed E-state index contributed by atoms with van der Waals surface area (Å²) in [5.74, 6) is -1.07. The van der Waals surface area contributed by atoms with Gasteiger partial charge in [-0.3, -0.25) is 4.79 Å². The van der Waals surface area contributed by atoms with Crippen LogP contribution >= 0.6 is 15.9 Å². The smallest absolute Gasteiger partial charge is 0.335 e. The van der Waals surface area contributed by atoms with Crippen molar-refractivity contribution >= 4 is 34.0 Å². The van der Waals surface area contributed by atoms with Crippen LogP contribution in [-0.2, 0) is 17.8 Å². The van der Waals surface area contributed by atoms with E-state index in [2.05, 4.69) is 26.5 Å². The van der Waals surface area contributed by atoms with Gasteiger partial charge in [-0.25, -0.2) is 14.6 Å². The minimum atomic E-state index is -0.989. The van der Waals surface area contributed by atoms with Crippen LogP contribution in [0.5, 0.6) is 5.75 Å². The van der Waals surface area contributed by atoms with E-state index in [0.29, 0.717) is 15.8 Å². The van der Waals surface area contributed by atoms with Crippen molar-refractivity contribution in [3.05, 3.63) is 99.3 Å². The van der Waals surface area contributed by atoms with Gasteiger partial charge in [0.25, 0.3) is 0 Å². The normalized spacial score (nSPS) is 10.8. The molecule has 0 radical (unpaired) electrons. The molecule has 0 atom stereocenters. The Labute approximate surface area is 186 Å². The van der Waals surface area contributed by atoms with Crippen LogP contribution in [0.4, 0.5) is 4.39 Å². The number of aromatic carboxylic acids is 1. The van der Waals surface area contributed by atoms with Gasteiger partial charge in [0, 0.05) is 0 Å². The van der Waals surface area contributed by atoms with Crippen LogP contribution in [0.3, 0.4) is 0 Å². The summed E-state index contributed by atoms with van der Waals surface area (Å²) in [6.45, 7) is 0.215. The molecule has 0 bridgehead atoms. The average molecular weight is 485 g/mol. The number of nitrogens with one attached hydrogen (secondary N) is 1. The Morgan fingerprint density at radius 2 is 1.84 bits per heavy atom. The van der Waals surface area contributed by atoms with Gasteiger partial charge in [-0.15, -0.1) is 0 Å². The van der Waals surface area contributed by atoms with Gasteiger partial charge in [0.05, 0.1) is 22.7 Å². The quantitative estimate of drug-likeness (QED) is 0.362. The average Bonchev–Trinajstić information content (AvgIpc) is 2.75. The molecule has 1 amide bonds. The van der Waals surface area contributed by atoms with Crippen LogP contribution in [0.1, 0.15) is 27.0 Å². The Hall–Kier alpha value is -3.52. The first kappa shape index (κ1) is 22.2. The lowest BCUT2D eigenvalue weighted by Gasteiger charge is -2.09. The van der Waals surface area contributed by atoms with Crippen LogP contribution in [0, 0.1) is 5.82 Å². The van der Waals surface area contributed by atoms with E-state index in [1.54, 1.807) is 48.5 Å².